The molecule has 1 saturated heterocycles. The van der Waals surface area contributed by atoms with Crippen molar-refractivity contribution in [2.24, 2.45) is 0 Å². The van der Waals surface area contributed by atoms with Crippen LogP contribution in [0.5, 0.6) is 11.5 Å². The number of thiocarbonyl (C=S) groups is 1. The summed E-state index contributed by atoms with van der Waals surface area (Å²) in [5.41, 5.74) is 0.742. The van der Waals surface area contributed by atoms with Crippen molar-refractivity contribution in [1.82, 2.24) is 4.90 Å². The first-order chi connectivity index (χ1) is 10.5. The number of nitrogens with zero attached hydrogens (tertiary/aromatic N) is 1. The van der Waals surface area contributed by atoms with Gasteiger partial charge in [-0.05, 0) is 30.7 Å². The normalized spacial score (nSPS) is 19.9. The van der Waals surface area contributed by atoms with Crippen LogP contribution >= 0.6 is 24.0 Å². The van der Waals surface area contributed by atoms with Crippen LogP contribution in [0.2, 0.25) is 0 Å². The molecule has 0 spiro atoms. The number of carboxylic acids is 1. The molecule has 0 saturated carbocycles. The lowest BCUT2D eigenvalue weighted by Crippen LogP contribution is -2.48. The van der Waals surface area contributed by atoms with E-state index in [4.69, 9.17) is 21.7 Å². The van der Waals surface area contributed by atoms with Gasteiger partial charge in [0, 0.05) is 0 Å². The summed E-state index contributed by atoms with van der Waals surface area (Å²) in [5, 5.41) is 10.9. The van der Waals surface area contributed by atoms with Gasteiger partial charge in [0.2, 0.25) is 6.79 Å². The highest BCUT2D eigenvalue weighted by molar-refractivity contribution is 8.26. The second kappa shape index (κ2) is 5.62. The zero-order chi connectivity index (χ0) is 15.9. The van der Waals surface area contributed by atoms with Crippen LogP contribution in [0.3, 0.4) is 0 Å². The van der Waals surface area contributed by atoms with Crippen LogP contribution in [0, 0.1) is 0 Å². The molecule has 22 heavy (non-hydrogen) atoms. The minimum atomic E-state index is -1.35. The Morgan fingerprint density at radius 1 is 1.45 bits per heavy atom. The fourth-order valence-electron chi connectivity index (χ4n) is 2.07. The van der Waals surface area contributed by atoms with Gasteiger partial charge >= 0.3 is 0 Å². The molecular weight excluding hydrogens is 326 g/mol. The summed E-state index contributed by atoms with van der Waals surface area (Å²) >= 11 is 6.14. The molecular formula is C14H10NO5S2-. The van der Waals surface area contributed by atoms with Crippen molar-refractivity contribution in [2.75, 3.05) is 6.79 Å². The fourth-order valence-corrected chi connectivity index (χ4v) is 3.49. The maximum absolute atomic E-state index is 12.3. The zero-order valence-corrected chi connectivity index (χ0v) is 13.0. The number of aliphatic carboxylic acids is 1. The van der Waals surface area contributed by atoms with Gasteiger partial charge in [-0.3, -0.25) is 9.69 Å². The molecule has 114 valence electrons. The average molecular weight is 336 g/mol. The molecule has 2 aliphatic rings. The molecule has 1 atom stereocenters. The van der Waals surface area contributed by atoms with Gasteiger partial charge in [0.15, 0.2) is 11.5 Å². The minimum Gasteiger partial charge on any atom is -0.548 e. The van der Waals surface area contributed by atoms with Crippen molar-refractivity contribution in [3.63, 3.8) is 0 Å². The van der Waals surface area contributed by atoms with Crippen LogP contribution in [-0.4, -0.2) is 33.9 Å². The highest BCUT2D eigenvalue weighted by Crippen LogP contribution is 2.36. The van der Waals surface area contributed by atoms with Gasteiger partial charge in [0.1, 0.15) is 4.32 Å². The van der Waals surface area contributed by atoms with Crippen LogP contribution < -0.4 is 14.6 Å². The number of hydrogen-bond acceptors (Lipinski definition) is 7. The van der Waals surface area contributed by atoms with Crippen LogP contribution in [0.1, 0.15) is 12.5 Å². The van der Waals surface area contributed by atoms with Gasteiger partial charge in [-0.2, -0.15) is 0 Å². The van der Waals surface area contributed by atoms with Crippen molar-refractivity contribution in [3.8, 4) is 11.5 Å². The van der Waals surface area contributed by atoms with E-state index in [1.807, 2.05) is 0 Å². The lowest BCUT2D eigenvalue weighted by molar-refractivity contribution is -0.309. The van der Waals surface area contributed by atoms with Crippen LogP contribution in [0.25, 0.3) is 6.08 Å². The van der Waals surface area contributed by atoms with Crippen molar-refractivity contribution < 1.29 is 24.2 Å². The molecule has 0 bridgehead atoms. The number of fused-ring (bicyclic) bond motifs is 1. The fraction of sp³-hybridized carbons (Fsp3) is 0.214. The quantitative estimate of drug-likeness (QED) is 0.595. The number of rotatable bonds is 3. The third-order valence-electron chi connectivity index (χ3n) is 3.25. The molecule has 1 amide bonds. The standard InChI is InChI=1S/C14H11NO5S2/c1-7(13(17)18)15-12(16)11(22-14(15)21)5-8-2-3-9-10(4-8)20-6-19-9/h2-5,7H,6H2,1H3,(H,17,18)/p-1/b11-5-/t7-/m0/s1. The molecule has 1 aromatic carbocycles. The SMILES string of the molecule is C[C@@H](C(=O)[O-])N1C(=O)/C(=C/c2ccc3c(c2)OCO3)SC1=S. The van der Waals surface area contributed by atoms with Crippen LogP contribution in [0.4, 0.5) is 0 Å². The molecule has 1 fully saturated rings. The molecule has 3 rings (SSSR count). The molecule has 0 aliphatic carbocycles. The Labute approximate surface area is 135 Å². The molecule has 6 nitrogen and oxygen atoms in total. The number of hydrogen-bond donors (Lipinski definition) is 0. The van der Waals surface area contributed by atoms with Crippen LogP contribution in [-0.2, 0) is 9.59 Å². The lowest BCUT2D eigenvalue weighted by atomic mass is 10.2. The predicted molar refractivity (Wildman–Crippen MR) is 82.0 cm³/mol. The van der Waals surface area contributed by atoms with Gasteiger partial charge < -0.3 is 19.4 Å². The molecule has 0 aromatic heterocycles. The van der Waals surface area contributed by atoms with E-state index in [-0.39, 0.29) is 11.1 Å². The second-order valence-electron chi connectivity index (χ2n) is 4.66. The molecule has 1 aromatic rings. The molecule has 2 heterocycles. The Balaban J connectivity index is 1.88. The highest BCUT2D eigenvalue weighted by Gasteiger charge is 2.35. The Morgan fingerprint density at radius 3 is 2.91 bits per heavy atom. The van der Waals surface area contributed by atoms with E-state index >= 15 is 0 Å². The van der Waals surface area contributed by atoms with Gasteiger partial charge in [-0.15, -0.1) is 0 Å². The van der Waals surface area contributed by atoms with Crippen molar-refractivity contribution in [1.29, 1.82) is 0 Å². The summed E-state index contributed by atoms with van der Waals surface area (Å²) < 4.78 is 10.7. The minimum absolute atomic E-state index is 0.171. The summed E-state index contributed by atoms with van der Waals surface area (Å²) in [6.07, 6.45) is 1.64. The topological polar surface area (TPSA) is 78.9 Å². The van der Waals surface area contributed by atoms with Gasteiger partial charge in [-0.1, -0.05) is 30.0 Å². The first-order valence-corrected chi connectivity index (χ1v) is 7.57. The second-order valence-corrected chi connectivity index (χ2v) is 6.34. The first-order valence-electron chi connectivity index (χ1n) is 6.35. The number of carbonyl (C=O) groups excluding carboxylic acids is 2. The number of carboxylic acid groups (broad SMARTS) is 1. The zero-order valence-electron chi connectivity index (χ0n) is 11.4. The summed E-state index contributed by atoms with van der Waals surface area (Å²) in [6.45, 7) is 1.54. The van der Waals surface area contributed by atoms with Crippen molar-refractivity contribution in [2.45, 2.75) is 13.0 Å². The number of carbonyl (C=O) groups is 2. The largest absolute Gasteiger partial charge is 0.548 e. The van der Waals surface area contributed by atoms with E-state index in [2.05, 4.69) is 0 Å². The summed E-state index contributed by atoms with van der Waals surface area (Å²) in [6, 6.07) is 4.17. The van der Waals surface area contributed by atoms with Crippen molar-refractivity contribution >= 4 is 46.3 Å². The number of amides is 1. The van der Waals surface area contributed by atoms with E-state index in [0.717, 1.165) is 22.2 Å². The van der Waals surface area contributed by atoms with Gasteiger partial charge in [0.05, 0.1) is 16.9 Å². The number of ether oxygens (including phenoxy) is 2. The molecule has 8 heteroatoms. The molecule has 0 radical (unpaired) electrons. The van der Waals surface area contributed by atoms with E-state index in [9.17, 15) is 14.7 Å². The van der Waals surface area contributed by atoms with E-state index < -0.39 is 17.9 Å². The Bertz CT molecular complexity index is 715. The third kappa shape index (κ3) is 2.55. The molecule has 0 unspecified atom stereocenters. The Hall–Kier alpha value is -2.06. The maximum atomic E-state index is 12.3. The Morgan fingerprint density at radius 2 is 2.18 bits per heavy atom. The monoisotopic (exact) mass is 336 g/mol. The molecule has 2 aliphatic heterocycles. The van der Waals surface area contributed by atoms with E-state index in [0.29, 0.717) is 16.4 Å². The number of benzene rings is 1. The lowest BCUT2D eigenvalue weighted by Gasteiger charge is -2.23. The number of thioether (sulfide) groups is 1. The van der Waals surface area contributed by atoms with Crippen molar-refractivity contribution in [3.05, 3.63) is 28.7 Å². The van der Waals surface area contributed by atoms with Crippen LogP contribution in [0.15, 0.2) is 23.1 Å². The molecule has 0 N–H and O–H groups in total. The Kier molecular flexibility index (Phi) is 3.79. The van der Waals surface area contributed by atoms with Gasteiger partial charge in [-0.25, -0.2) is 0 Å². The summed E-state index contributed by atoms with van der Waals surface area (Å²) in [5.74, 6) is -0.535. The van der Waals surface area contributed by atoms with E-state index in [1.165, 1.54) is 6.92 Å². The van der Waals surface area contributed by atoms with Gasteiger partial charge in [0.25, 0.3) is 5.91 Å². The van der Waals surface area contributed by atoms with E-state index in [1.54, 1.807) is 24.3 Å². The third-order valence-corrected chi connectivity index (χ3v) is 4.58. The predicted octanol–water partition coefficient (Wildman–Crippen LogP) is 0.755. The average Bonchev–Trinajstić information content (AvgIpc) is 3.03. The summed E-state index contributed by atoms with van der Waals surface area (Å²) in [4.78, 5) is 24.7. The highest BCUT2D eigenvalue weighted by atomic mass is 32.2. The first kappa shape index (κ1) is 14.9. The summed E-state index contributed by atoms with van der Waals surface area (Å²) in [7, 11) is 0. The smallest absolute Gasteiger partial charge is 0.266 e. The maximum Gasteiger partial charge on any atom is 0.266 e.